The average Bonchev–Trinajstić information content (AvgIpc) is 2.20. The number of hydrogen-bond acceptors (Lipinski definition) is 5. The zero-order chi connectivity index (χ0) is 12.1. The van der Waals surface area contributed by atoms with Gasteiger partial charge in [0, 0.05) is 24.6 Å². The summed E-state index contributed by atoms with van der Waals surface area (Å²) in [5.74, 6) is -0.527. The summed E-state index contributed by atoms with van der Waals surface area (Å²) in [6, 6.07) is 3.51. The molecule has 0 aliphatic rings. The smallest absolute Gasteiger partial charge is 0.270 e. The van der Waals surface area contributed by atoms with Gasteiger partial charge in [0.2, 0.25) is 5.91 Å². The van der Waals surface area contributed by atoms with E-state index in [1.54, 1.807) is 0 Å². The first-order chi connectivity index (χ1) is 7.50. The highest BCUT2D eigenvalue weighted by molar-refractivity contribution is 5.85. The lowest BCUT2D eigenvalue weighted by Crippen LogP contribution is -2.12. The summed E-state index contributed by atoms with van der Waals surface area (Å²) in [5, 5.41) is 23.3. The molecule has 0 aromatic heterocycles. The Morgan fingerprint density at radius 3 is 2.88 bits per heavy atom. The van der Waals surface area contributed by atoms with Crippen molar-refractivity contribution in [2.24, 2.45) is 5.10 Å². The average molecular weight is 223 g/mol. The van der Waals surface area contributed by atoms with E-state index in [2.05, 4.69) is 10.5 Å². The molecule has 1 aromatic rings. The second-order valence-electron chi connectivity index (χ2n) is 2.93. The maximum Gasteiger partial charge on any atom is 0.270 e. The Labute approximate surface area is 90.6 Å². The Balaban J connectivity index is 2.94. The van der Waals surface area contributed by atoms with Crippen molar-refractivity contribution in [1.82, 2.24) is 5.43 Å². The van der Waals surface area contributed by atoms with Gasteiger partial charge in [0.15, 0.2) is 0 Å². The van der Waals surface area contributed by atoms with Crippen molar-refractivity contribution in [2.75, 3.05) is 0 Å². The summed E-state index contributed by atoms with van der Waals surface area (Å²) < 4.78 is 0. The van der Waals surface area contributed by atoms with Crippen molar-refractivity contribution >= 4 is 17.8 Å². The van der Waals surface area contributed by atoms with Crippen molar-refractivity contribution in [2.45, 2.75) is 6.92 Å². The Bertz CT molecular complexity index is 456. The summed E-state index contributed by atoms with van der Waals surface area (Å²) in [7, 11) is 0. The van der Waals surface area contributed by atoms with Gasteiger partial charge >= 0.3 is 0 Å². The molecular weight excluding hydrogens is 214 g/mol. The van der Waals surface area contributed by atoms with Gasteiger partial charge in [-0.3, -0.25) is 14.9 Å². The molecule has 0 spiro atoms. The molecule has 0 atom stereocenters. The van der Waals surface area contributed by atoms with Gasteiger partial charge in [0.1, 0.15) is 5.75 Å². The van der Waals surface area contributed by atoms with Gasteiger partial charge in [-0.05, 0) is 6.07 Å². The quantitative estimate of drug-likeness (QED) is 0.448. The summed E-state index contributed by atoms with van der Waals surface area (Å²) in [6.45, 7) is 1.27. The van der Waals surface area contributed by atoms with Gasteiger partial charge in [0.05, 0.1) is 11.1 Å². The number of phenols is 1. The molecule has 0 heterocycles. The summed E-state index contributed by atoms with van der Waals surface area (Å²) in [4.78, 5) is 20.4. The van der Waals surface area contributed by atoms with Gasteiger partial charge < -0.3 is 5.11 Å². The molecule has 0 bridgehead atoms. The third-order valence-corrected chi connectivity index (χ3v) is 1.65. The fourth-order valence-electron chi connectivity index (χ4n) is 0.952. The Morgan fingerprint density at radius 1 is 1.62 bits per heavy atom. The van der Waals surface area contributed by atoms with Crippen molar-refractivity contribution < 1.29 is 14.8 Å². The number of nitro benzene ring substituents is 1. The van der Waals surface area contributed by atoms with Crippen molar-refractivity contribution in [3.63, 3.8) is 0 Å². The molecular formula is C9H9N3O4. The van der Waals surface area contributed by atoms with Crippen LogP contribution in [0.5, 0.6) is 5.75 Å². The van der Waals surface area contributed by atoms with E-state index in [4.69, 9.17) is 0 Å². The Morgan fingerprint density at radius 2 is 2.31 bits per heavy atom. The fraction of sp³-hybridized carbons (Fsp3) is 0.111. The summed E-state index contributed by atoms with van der Waals surface area (Å²) in [6.07, 6.45) is 1.13. The highest BCUT2D eigenvalue weighted by Gasteiger charge is 2.08. The lowest BCUT2D eigenvalue weighted by atomic mass is 10.2. The molecule has 84 valence electrons. The maximum atomic E-state index is 10.5. The second kappa shape index (κ2) is 4.87. The van der Waals surface area contributed by atoms with Gasteiger partial charge in [-0.25, -0.2) is 5.43 Å². The van der Waals surface area contributed by atoms with Gasteiger partial charge in [-0.15, -0.1) is 0 Å². The van der Waals surface area contributed by atoms with Crippen LogP contribution in [0.1, 0.15) is 12.5 Å². The number of benzene rings is 1. The number of hydrazone groups is 1. The van der Waals surface area contributed by atoms with Crippen LogP contribution in [0.3, 0.4) is 0 Å². The molecule has 0 aliphatic carbocycles. The van der Waals surface area contributed by atoms with Crippen LogP contribution in [0.4, 0.5) is 5.69 Å². The molecule has 1 rings (SSSR count). The number of hydrogen-bond donors (Lipinski definition) is 2. The number of nitrogens with zero attached hydrogens (tertiary/aromatic N) is 2. The highest BCUT2D eigenvalue weighted by atomic mass is 16.6. The Kier molecular flexibility index (Phi) is 3.54. The van der Waals surface area contributed by atoms with E-state index < -0.39 is 4.92 Å². The van der Waals surface area contributed by atoms with Crippen molar-refractivity contribution in [1.29, 1.82) is 0 Å². The second-order valence-corrected chi connectivity index (χ2v) is 2.93. The standard InChI is InChI=1S/C9H9N3O4/c1-6(13)11-10-5-7-4-8(12(15)16)2-3-9(7)14/h2-5,14H,1H3,(H,11,13)/b10-5+. The fourth-order valence-corrected chi connectivity index (χ4v) is 0.952. The third-order valence-electron chi connectivity index (χ3n) is 1.65. The van der Waals surface area contributed by atoms with E-state index in [9.17, 15) is 20.0 Å². The number of phenolic OH excluding ortho intramolecular Hbond substituents is 1. The topological polar surface area (TPSA) is 105 Å². The van der Waals surface area contributed by atoms with Crippen LogP contribution in [0.15, 0.2) is 23.3 Å². The van der Waals surface area contributed by atoms with E-state index >= 15 is 0 Å². The molecule has 2 N–H and O–H groups in total. The normalized spacial score (nSPS) is 10.3. The van der Waals surface area contributed by atoms with Crippen LogP contribution in [0.2, 0.25) is 0 Å². The molecule has 0 saturated heterocycles. The number of carbonyl (C=O) groups is 1. The number of aromatic hydroxyl groups is 1. The predicted octanol–water partition coefficient (Wildman–Crippen LogP) is 0.770. The van der Waals surface area contributed by atoms with E-state index in [-0.39, 0.29) is 22.9 Å². The SMILES string of the molecule is CC(=O)N/N=C/c1cc([N+](=O)[O-])ccc1O. The highest BCUT2D eigenvalue weighted by Crippen LogP contribution is 2.20. The van der Waals surface area contributed by atoms with Crippen LogP contribution in [0.25, 0.3) is 0 Å². The van der Waals surface area contributed by atoms with E-state index in [1.807, 2.05) is 0 Å². The van der Waals surface area contributed by atoms with E-state index in [0.717, 1.165) is 12.3 Å². The molecule has 0 radical (unpaired) electrons. The van der Waals surface area contributed by atoms with Crippen LogP contribution < -0.4 is 5.43 Å². The lowest BCUT2D eigenvalue weighted by Gasteiger charge is -1.98. The number of amides is 1. The molecule has 0 fully saturated rings. The number of rotatable bonds is 3. The molecule has 1 amide bonds. The summed E-state index contributed by atoms with van der Waals surface area (Å²) >= 11 is 0. The molecule has 16 heavy (non-hydrogen) atoms. The molecule has 0 aliphatic heterocycles. The lowest BCUT2D eigenvalue weighted by molar-refractivity contribution is -0.384. The zero-order valence-corrected chi connectivity index (χ0v) is 8.38. The maximum absolute atomic E-state index is 10.5. The molecule has 0 unspecified atom stereocenters. The number of nitro groups is 1. The third kappa shape index (κ3) is 3.05. The van der Waals surface area contributed by atoms with Gasteiger partial charge in [0.25, 0.3) is 5.69 Å². The minimum absolute atomic E-state index is 0.153. The van der Waals surface area contributed by atoms with Crippen LogP contribution in [0, 0.1) is 10.1 Å². The van der Waals surface area contributed by atoms with Gasteiger partial charge in [-0.2, -0.15) is 5.10 Å². The first-order valence-electron chi connectivity index (χ1n) is 4.28. The Hall–Kier alpha value is -2.44. The van der Waals surface area contributed by atoms with Crippen LogP contribution >= 0.6 is 0 Å². The molecule has 7 heteroatoms. The molecule has 1 aromatic carbocycles. The number of non-ortho nitro benzene ring substituents is 1. The number of carbonyl (C=O) groups excluding carboxylic acids is 1. The van der Waals surface area contributed by atoms with Gasteiger partial charge in [-0.1, -0.05) is 0 Å². The first kappa shape index (κ1) is 11.6. The predicted molar refractivity (Wildman–Crippen MR) is 56.2 cm³/mol. The van der Waals surface area contributed by atoms with Crippen LogP contribution in [-0.4, -0.2) is 22.2 Å². The minimum Gasteiger partial charge on any atom is -0.507 e. The van der Waals surface area contributed by atoms with E-state index in [0.29, 0.717) is 0 Å². The van der Waals surface area contributed by atoms with E-state index in [1.165, 1.54) is 19.1 Å². The van der Waals surface area contributed by atoms with Crippen molar-refractivity contribution in [3.05, 3.63) is 33.9 Å². The zero-order valence-electron chi connectivity index (χ0n) is 8.38. The largest absolute Gasteiger partial charge is 0.507 e. The van der Waals surface area contributed by atoms with Crippen molar-refractivity contribution in [3.8, 4) is 5.75 Å². The minimum atomic E-state index is -0.588. The van der Waals surface area contributed by atoms with Crippen LogP contribution in [-0.2, 0) is 4.79 Å². The molecule has 7 nitrogen and oxygen atoms in total. The molecule has 0 saturated carbocycles. The summed E-state index contributed by atoms with van der Waals surface area (Å²) in [5.41, 5.74) is 2.11. The number of nitrogens with one attached hydrogen (secondary N) is 1. The first-order valence-corrected chi connectivity index (χ1v) is 4.28. The monoisotopic (exact) mass is 223 g/mol.